The standard InChI is InChI=1S/C22H25N3O3/c1-4-11-24-14(2)12-17(15(24)3)19(26)13-25-20(27)22(23-21(25)28)10-9-16-7-5-6-8-18(16)22/h5-8,12H,4,9-11,13H2,1-3H3,(H,23,28)/t22-/m1/s1. The molecule has 1 atom stereocenters. The number of aryl methyl sites for hydroxylation is 2. The number of benzene rings is 1. The van der Waals surface area contributed by atoms with Gasteiger partial charge in [0.25, 0.3) is 5.91 Å². The molecule has 1 fully saturated rings. The second-order valence-corrected chi connectivity index (χ2v) is 7.74. The maximum Gasteiger partial charge on any atom is 0.325 e. The first-order chi connectivity index (χ1) is 13.4. The van der Waals surface area contributed by atoms with Crippen LogP contribution in [0.5, 0.6) is 0 Å². The molecule has 1 spiro atoms. The molecule has 1 aromatic carbocycles. The molecular formula is C22H25N3O3. The fourth-order valence-electron chi connectivity index (χ4n) is 4.61. The molecule has 1 saturated heterocycles. The van der Waals surface area contributed by atoms with E-state index in [0.29, 0.717) is 12.0 Å². The first kappa shape index (κ1) is 18.5. The number of imide groups is 1. The summed E-state index contributed by atoms with van der Waals surface area (Å²) in [5.41, 5.74) is 3.39. The molecular weight excluding hydrogens is 354 g/mol. The molecule has 1 aromatic heterocycles. The van der Waals surface area contributed by atoms with Crippen molar-refractivity contribution in [2.75, 3.05) is 6.54 Å². The second-order valence-electron chi connectivity index (χ2n) is 7.74. The minimum absolute atomic E-state index is 0.206. The molecule has 2 aromatic rings. The van der Waals surface area contributed by atoms with Gasteiger partial charge >= 0.3 is 6.03 Å². The van der Waals surface area contributed by atoms with Crippen LogP contribution >= 0.6 is 0 Å². The molecule has 2 heterocycles. The summed E-state index contributed by atoms with van der Waals surface area (Å²) in [6.45, 7) is 6.58. The monoisotopic (exact) mass is 379 g/mol. The van der Waals surface area contributed by atoms with Crippen molar-refractivity contribution >= 4 is 17.7 Å². The molecule has 6 nitrogen and oxygen atoms in total. The molecule has 28 heavy (non-hydrogen) atoms. The Hall–Kier alpha value is -2.89. The smallest absolute Gasteiger partial charge is 0.325 e. The van der Waals surface area contributed by atoms with E-state index in [-0.39, 0.29) is 18.2 Å². The molecule has 0 saturated carbocycles. The van der Waals surface area contributed by atoms with Gasteiger partial charge in [-0.1, -0.05) is 31.2 Å². The molecule has 146 valence electrons. The molecule has 0 unspecified atom stereocenters. The van der Waals surface area contributed by atoms with Crippen LogP contribution in [0.4, 0.5) is 4.79 Å². The number of rotatable bonds is 5. The Kier molecular flexibility index (Phi) is 4.37. The van der Waals surface area contributed by atoms with Crippen LogP contribution in [0.15, 0.2) is 30.3 Å². The van der Waals surface area contributed by atoms with Crippen molar-refractivity contribution in [3.63, 3.8) is 0 Å². The van der Waals surface area contributed by atoms with Gasteiger partial charge in [-0.2, -0.15) is 0 Å². The van der Waals surface area contributed by atoms with Crippen molar-refractivity contribution in [2.24, 2.45) is 0 Å². The summed E-state index contributed by atoms with van der Waals surface area (Å²) in [6.07, 6.45) is 2.24. The van der Waals surface area contributed by atoms with E-state index in [4.69, 9.17) is 0 Å². The third-order valence-corrected chi connectivity index (χ3v) is 6.05. The summed E-state index contributed by atoms with van der Waals surface area (Å²) >= 11 is 0. The number of carbonyl (C=O) groups is 3. The highest BCUT2D eigenvalue weighted by atomic mass is 16.2. The molecule has 4 rings (SSSR count). The van der Waals surface area contributed by atoms with Gasteiger partial charge in [-0.05, 0) is 50.3 Å². The summed E-state index contributed by atoms with van der Waals surface area (Å²) in [7, 11) is 0. The van der Waals surface area contributed by atoms with Crippen LogP contribution in [-0.2, 0) is 23.3 Å². The van der Waals surface area contributed by atoms with E-state index in [2.05, 4.69) is 16.8 Å². The predicted molar refractivity (Wildman–Crippen MR) is 105 cm³/mol. The average Bonchev–Trinajstić information content (AvgIpc) is 3.27. The predicted octanol–water partition coefficient (Wildman–Crippen LogP) is 3.09. The number of carbonyl (C=O) groups excluding carboxylic acids is 3. The Balaban J connectivity index is 1.60. The van der Waals surface area contributed by atoms with Crippen molar-refractivity contribution in [3.05, 3.63) is 58.4 Å². The highest BCUT2D eigenvalue weighted by Gasteiger charge is 2.55. The van der Waals surface area contributed by atoms with Crippen molar-refractivity contribution in [2.45, 2.75) is 52.1 Å². The zero-order valence-corrected chi connectivity index (χ0v) is 16.5. The maximum absolute atomic E-state index is 13.2. The number of hydrogen-bond acceptors (Lipinski definition) is 3. The van der Waals surface area contributed by atoms with E-state index in [9.17, 15) is 14.4 Å². The van der Waals surface area contributed by atoms with Gasteiger partial charge in [-0.25, -0.2) is 4.79 Å². The Morgan fingerprint density at radius 3 is 2.71 bits per heavy atom. The largest absolute Gasteiger partial charge is 0.348 e. The zero-order valence-electron chi connectivity index (χ0n) is 16.5. The van der Waals surface area contributed by atoms with Crippen LogP contribution in [0.3, 0.4) is 0 Å². The lowest BCUT2D eigenvalue weighted by Crippen LogP contribution is -2.42. The fourth-order valence-corrected chi connectivity index (χ4v) is 4.61. The normalized spacial score (nSPS) is 20.8. The zero-order chi connectivity index (χ0) is 20.1. The average molecular weight is 379 g/mol. The lowest BCUT2D eigenvalue weighted by Gasteiger charge is -2.22. The SMILES string of the molecule is CCCn1c(C)cc(C(=O)CN2C(=O)N[C@@]3(CCc4ccccc43)C2=O)c1C. The minimum Gasteiger partial charge on any atom is -0.348 e. The van der Waals surface area contributed by atoms with E-state index in [1.165, 1.54) is 0 Å². The molecule has 2 aliphatic rings. The quantitative estimate of drug-likeness (QED) is 0.641. The Labute approximate surface area is 164 Å². The van der Waals surface area contributed by atoms with Crippen LogP contribution in [0.25, 0.3) is 0 Å². The molecule has 6 heteroatoms. The number of nitrogens with one attached hydrogen (secondary N) is 1. The number of urea groups is 1. The lowest BCUT2D eigenvalue weighted by molar-refractivity contribution is -0.131. The van der Waals surface area contributed by atoms with Gasteiger partial charge in [0.05, 0.1) is 6.54 Å². The van der Waals surface area contributed by atoms with E-state index >= 15 is 0 Å². The van der Waals surface area contributed by atoms with E-state index < -0.39 is 11.6 Å². The third-order valence-electron chi connectivity index (χ3n) is 6.05. The van der Waals surface area contributed by atoms with Gasteiger partial charge in [0.1, 0.15) is 5.54 Å². The van der Waals surface area contributed by atoms with E-state index in [1.807, 2.05) is 44.2 Å². The maximum atomic E-state index is 13.2. The summed E-state index contributed by atoms with van der Waals surface area (Å²) in [5, 5.41) is 2.87. The number of aromatic nitrogens is 1. The van der Waals surface area contributed by atoms with Gasteiger partial charge in [-0.15, -0.1) is 0 Å². The number of hydrogen-bond donors (Lipinski definition) is 1. The van der Waals surface area contributed by atoms with Crippen molar-refractivity contribution < 1.29 is 14.4 Å². The van der Waals surface area contributed by atoms with Crippen LogP contribution in [-0.4, -0.2) is 33.7 Å². The summed E-state index contributed by atoms with van der Waals surface area (Å²) in [5.74, 6) is -0.527. The number of ketones is 1. The van der Waals surface area contributed by atoms with Crippen LogP contribution in [0.2, 0.25) is 0 Å². The van der Waals surface area contributed by atoms with Crippen LogP contribution in [0, 0.1) is 13.8 Å². The minimum atomic E-state index is -1.02. The van der Waals surface area contributed by atoms with Gasteiger partial charge < -0.3 is 9.88 Å². The number of amides is 3. The second kappa shape index (κ2) is 6.62. The molecule has 3 amide bonds. The van der Waals surface area contributed by atoms with Gasteiger partial charge in [0.2, 0.25) is 0 Å². The van der Waals surface area contributed by atoms with E-state index in [0.717, 1.165) is 46.8 Å². The lowest BCUT2D eigenvalue weighted by atomic mass is 9.92. The highest BCUT2D eigenvalue weighted by molar-refractivity contribution is 6.12. The first-order valence-corrected chi connectivity index (χ1v) is 9.81. The number of nitrogens with zero attached hydrogens (tertiary/aromatic N) is 2. The first-order valence-electron chi connectivity index (χ1n) is 9.81. The topological polar surface area (TPSA) is 71.4 Å². The molecule has 0 radical (unpaired) electrons. The summed E-state index contributed by atoms with van der Waals surface area (Å²) in [6, 6.07) is 9.06. The Bertz CT molecular complexity index is 991. The number of fused-ring (bicyclic) bond motifs is 2. The van der Waals surface area contributed by atoms with Gasteiger partial charge in [-0.3, -0.25) is 14.5 Å². The van der Waals surface area contributed by atoms with Gasteiger partial charge in [0, 0.05) is 23.5 Å². The Morgan fingerprint density at radius 1 is 1.21 bits per heavy atom. The van der Waals surface area contributed by atoms with E-state index in [1.54, 1.807) is 0 Å². The molecule has 1 aliphatic carbocycles. The van der Waals surface area contributed by atoms with Crippen molar-refractivity contribution in [1.29, 1.82) is 0 Å². The molecule has 1 N–H and O–H groups in total. The van der Waals surface area contributed by atoms with Crippen LogP contribution < -0.4 is 5.32 Å². The number of Topliss-reactive ketones (excluding diaryl/α,β-unsaturated/α-hetero) is 1. The Morgan fingerprint density at radius 2 is 1.96 bits per heavy atom. The molecule has 0 bridgehead atoms. The van der Waals surface area contributed by atoms with Crippen LogP contribution in [0.1, 0.15) is 52.6 Å². The highest BCUT2D eigenvalue weighted by Crippen LogP contribution is 2.41. The molecule has 1 aliphatic heterocycles. The third kappa shape index (κ3) is 2.58. The summed E-state index contributed by atoms with van der Waals surface area (Å²) in [4.78, 5) is 39.9. The van der Waals surface area contributed by atoms with Crippen molar-refractivity contribution in [3.8, 4) is 0 Å². The van der Waals surface area contributed by atoms with Crippen molar-refractivity contribution in [1.82, 2.24) is 14.8 Å². The summed E-state index contributed by atoms with van der Waals surface area (Å²) < 4.78 is 2.10. The van der Waals surface area contributed by atoms with Gasteiger partial charge in [0.15, 0.2) is 5.78 Å². The fraction of sp³-hybridized carbons (Fsp3) is 0.409.